The standard InChI is InChI=1S/C41H52Cl2N8O/c1-8-33(45)41(15-16-44,38-29-13-10-18-51(40(29)47-49(38)7)36-27(5)21-25(3)23-31(36)43)34(32-14-11-19-52-32)37-28-12-9-17-50(39(28)46-48(37)6)35-26(4)20-24(2)22-30(35)42/h11,14,19-23,33-34H,8-10,12-13,15-18,44-45H2,1-7H3. The Kier molecular flexibility index (Phi) is 10.0. The summed E-state index contributed by atoms with van der Waals surface area (Å²) < 4.78 is 10.6. The molecule has 276 valence electrons. The molecule has 3 atom stereocenters. The number of nitrogens with two attached hydrogens (primary N) is 2. The molecule has 0 bridgehead atoms. The molecule has 3 aromatic heterocycles. The van der Waals surface area contributed by atoms with Crippen molar-refractivity contribution in [3.8, 4) is 0 Å². The zero-order valence-corrected chi connectivity index (χ0v) is 33.1. The van der Waals surface area contributed by atoms with Gasteiger partial charge < -0.3 is 25.7 Å². The summed E-state index contributed by atoms with van der Waals surface area (Å²) in [5.41, 5.74) is 24.7. The minimum absolute atomic E-state index is 0.287. The van der Waals surface area contributed by atoms with Crippen LogP contribution in [0.3, 0.4) is 0 Å². The number of benzene rings is 2. The number of hydrogen-bond acceptors (Lipinski definition) is 7. The molecule has 5 heterocycles. The van der Waals surface area contributed by atoms with Crippen molar-refractivity contribution in [2.24, 2.45) is 25.6 Å². The molecule has 0 fully saturated rings. The van der Waals surface area contributed by atoms with Crippen molar-refractivity contribution < 1.29 is 4.42 Å². The van der Waals surface area contributed by atoms with Crippen molar-refractivity contribution in [1.82, 2.24) is 19.6 Å². The molecule has 2 aliphatic heterocycles. The number of furan rings is 1. The third kappa shape index (κ3) is 5.85. The van der Waals surface area contributed by atoms with Crippen molar-refractivity contribution in [1.29, 1.82) is 0 Å². The Bertz CT molecular complexity index is 2050. The Morgan fingerprint density at radius 1 is 0.846 bits per heavy atom. The second-order valence-corrected chi connectivity index (χ2v) is 15.8. The maximum absolute atomic E-state index is 7.52. The van der Waals surface area contributed by atoms with E-state index in [1.54, 1.807) is 6.26 Å². The number of fused-ring (bicyclic) bond motifs is 2. The Balaban J connectivity index is 1.49. The number of aromatic nitrogens is 4. The molecule has 2 aliphatic rings. The van der Waals surface area contributed by atoms with Crippen molar-refractivity contribution in [3.05, 3.63) is 103 Å². The Hall–Kier alpha value is -3.76. The highest BCUT2D eigenvalue weighted by Gasteiger charge is 2.53. The molecular formula is C41H52Cl2N8O. The summed E-state index contributed by atoms with van der Waals surface area (Å²) in [7, 11) is 4.11. The molecule has 0 amide bonds. The van der Waals surface area contributed by atoms with Gasteiger partial charge in [0.15, 0.2) is 11.6 Å². The van der Waals surface area contributed by atoms with Gasteiger partial charge in [-0.15, -0.1) is 0 Å². The highest BCUT2D eigenvalue weighted by Crippen LogP contribution is 2.54. The first-order valence-electron chi connectivity index (χ1n) is 18.6. The predicted molar refractivity (Wildman–Crippen MR) is 213 cm³/mol. The fourth-order valence-electron chi connectivity index (χ4n) is 9.61. The molecule has 0 radical (unpaired) electrons. The Labute approximate surface area is 317 Å². The van der Waals surface area contributed by atoms with Gasteiger partial charge in [-0.3, -0.25) is 9.36 Å². The first-order chi connectivity index (χ1) is 24.9. The van der Waals surface area contributed by atoms with Crippen molar-refractivity contribution >= 4 is 46.2 Å². The van der Waals surface area contributed by atoms with Crippen LogP contribution in [0.5, 0.6) is 0 Å². The van der Waals surface area contributed by atoms with Crippen LogP contribution >= 0.6 is 23.2 Å². The molecule has 9 nitrogen and oxygen atoms in total. The molecule has 7 rings (SSSR count). The van der Waals surface area contributed by atoms with Crippen LogP contribution in [-0.4, -0.2) is 45.2 Å². The number of aryl methyl sites for hydroxylation is 6. The SMILES string of the molecule is CCC(N)C(CCN)(c1c2c(nn1C)N(c1c(C)cc(C)cc1Cl)CCC2)C(c1ccco1)c1c2c(nn1C)N(c1c(C)cc(C)cc1Cl)CCC2. The van der Waals surface area contributed by atoms with Gasteiger partial charge in [0.2, 0.25) is 0 Å². The van der Waals surface area contributed by atoms with E-state index in [0.29, 0.717) is 13.0 Å². The molecule has 0 saturated carbocycles. The van der Waals surface area contributed by atoms with Gasteiger partial charge in [0.1, 0.15) is 5.76 Å². The topological polar surface area (TPSA) is 107 Å². The largest absolute Gasteiger partial charge is 0.469 e. The minimum Gasteiger partial charge on any atom is -0.469 e. The summed E-state index contributed by atoms with van der Waals surface area (Å²) in [6.45, 7) is 12.7. The van der Waals surface area contributed by atoms with Crippen LogP contribution in [0, 0.1) is 27.7 Å². The number of anilines is 4. The fourth-order valence-corrected chi connectivity index (χ4v) is 10.5. The maximum Gasteiger partial charge on any atom is 0.158 e. The van der Waals surface area contributed by atoms with E-state index in [9.17, 15) is 0 Å². The zero-order valence-electron chi connectivity index (χ0n) is 31.6. The normalized spacial score (nSPS) is 16.8. The highest BCUT2D eigenvalue weighted by atomic mass is 35.5. The van der Waals surface area contributed by atoms with E-state index in [-0.39, 0.29) is 12.0 Å². The average Bonchev–Trinajstić information content (AvgIpc) is 3.82. The van der Waals surface area contributed by atoms with Crippen molar-refractivity contribution in [2.75, 3.05) is 29.4 Å². The van der Waals surface area contributed by atoms with Crippen LogP contribution in [0.4, 0.5) is 23.0 Å². The summed E-state index contributed by atoms with van der Waals surface area (Å²) >= 11 is 14.0. The Morgan fingerprint density at radius 3 is 1.92 bits per heavy atom. The zero-order chi connectivity index (χ0) is 37.1. The van der Waals surface area contributed by atoms with E-state index in [0.717, 1.165) is 118 Å². The molecule has 0 spiro atoms. The number of halogens is 2. The summed E-state index contributed by atoms with van der Waals surface area (Å²) in [5.74, 6) is 2.40. The molecule has 0 aliphatic carbocycles. The van der Waals surface area contributed by atoms with Crippen LogP contribution < -0.4 is 21.3 Å². The lowest BCUT2D eigenvalue weighted by molar-refractivity contribution is 0.233. The van der Waals surface area contributed by atoms with Crippen LogP contribution in [-0.2, 0) is 32.4 Å². The summed E-state index contributed by atoms with van der Waals surface area (Å²) in [6, 6.07) is 12.2. The maximum atomic E-state index is 7.52. The third-order valence-corrected chi connectivity index (χ3v) is 12.1. The quantitative estimate of drug-likeness (QED) is 0.148. The lowest BCUT2D eigenvalue weighted by Gasteiger charge is -2.45. The van der Waals surface area contributed by atoms with Gasteiger partial charge >= 0.3 is 0 Å². The van der Waals surface area contributed by atoms with E-state index in [1.807, 2.05) is 18.2 Å². The van der Waals surface area contributed by atoms with Gasteiger partial charge in [-0.1, -0.05) is 42.3 Å². The number of rotatable bonds is 10. The van der Waals surface area contributed by atoms with Gasteiger partial charge in [0, 0.05) is 49.8 Å². The fraction of sp³-hybridized carbons (Fsp3) is 0.463. The molecule has 2 aromatic carbocycles. The number of hydrogen-bond donors (Lipinski definition) is 2. The van der Waals surface area contributed by atoms with E-state index < -0.39 is 5.41 Å². The van der Waals surface area contributed by atoms with Gasteiger partial charge in [-0.2, -0.15) is 10.2 Å². The molecule has 4 N–H and O–H groups in total. The third-order valence-electron chi connectivity index (χ3n) is 11.5. The first kappa shape index (κ1) is 36.6. The summed E-state index contributed by atoms with van der Waals surface area (Å²) in [4.78, 5) is 4.62. The van der Waals surface area contributed by atoms with Crippen LogP contribution in [0.15, 0.2) is 47.1 Å². The summed E-state index contributed by atoms with van der Waals surface area (Å²) in [5, 5.41) is 12.1. The van der Waals surface area contributed by atoms with Crippen LogP contribution in [0.2, 0.25) is 10.0 Å². The lowest BCUT2D eigenvalue weighted by atomic mass is 9.61. The average molecular weight is 744 g/mol. The van der Waals surface area contributed by atoms with Crippen LogP contribution in [0.25, 0.3) is 0 Å². The van der Waals surface area contributed by atoms with E-state index in [4.69, 9.17) is 49.3 Å². The predicted octanol–water partition coefficient (Wildman–Crippen LogP) is 8.61. The first-order valence-corrected chi connectivity index (χ1v) is 19.4. The number of nitrogens with zero attached hydrogens (tertiary/aromatic N) is 6. The molecule has 11 heteroatoms. The molecule has 5 aromatic rings. The molecule has 52 heavy (non-hydrogen) atoms. The van der Waals surface area contributed by atoms with E-state index >= 15 is 0 Å². The second kappa shape index (κ2) is 14.2. The molecular weight excluding hydrogens is 691 g/mol. The van der Waals surface area contributed by atoms with Gasteiger partial charge in [-0.25, -0.2) is 0 Å². The van der Waals surface area contributed by atoms with Crippen molar-refractivity contribution in [2.45, 2.75) is 90.5 Å². The van der Waals surface area contributed by atoms with E-state index in [2.05, 4.69) is 86.1 Å². The smallest absolute Gasteiger partial charge is 0.158 e. The monoisotopic (exact) mass is 742 g/mol. The summed E-state index contributed by atoms with van der Waals surface area (Å²) in [6.07, 6.45) is 6.76. The van der Waals surface area contributed by atoms with Gasteiger partial charge in [0.05, 0.1) is 45.0 Å². The van der Waals surface area contributed by atoms with Gasteiger partial charge in [-0.05, 0) is 119 Å². The lowest BCUT2D eigenvalue weighted by Crippen LogP contribution is -2.53. The minimum atomic E-state index is -0.701. The molecule has 3 unspecified atom stereocenters. The van der Waals surface area contributed by atoms with Crippen LogP contribution in [0.1, 0.15) is 89.1 Å². The van der Waals surface area contributed by atoms with E-state index in [1.165, 1.54) is 11.1 Å². The highest BCUT2D eigenvalue weighted by molar-refractivity contribution is 6.34. The Morgan fingerprint density at radius 2 is 1.40 bits per heavy atom. The molecule has 0 saturated heterocycles. The van der Waals surface area contributed by atoms with Crippen molar-refractivity contribution in [3.63, 3.8) is 0 Å². The second-order valence-electron chi connectivity index (χ2n) is 15.0. The van der Waals surface area contributed by atoms with Gasteiger partial charge in [0.25, 0.3) is 0 Å².